The average molecular weight is 448 g/mol. The molecular weight excluding hydrogens is 429 g/mol. The second kappa shape index (κ2) is 8.66. The van der Waals surface area contributed by atoms with Crippen LogP contribution in [-0.2, 0) is 4.74 Å². The first-order chi connectivity index (χ1) is 14.9. The lowest BCUT2D eigenvalue weighted by Gasteiger charge is -2.18. The fourth-order valence-corrected chi connectivity index (χ4v) is 3.89. The van der Waals surface area contributed by atoms with Gasteiger partial charge in [0.1, 0.15) is 23.1 Å². The fourth-order valence-electron chi connectivity index (χ4n) is 3.70. The van der Waals surface area contributed by atoms with Crippen LogP contribution in [0.3, 0.4) is 0 Å². The maximum absolute atomic E-state index is 14.2. The van der Waals surface area contributed by atoms with E-state index in [-0.39, 0.29) is 17.0 Å². The van der Waals surface area contributed by atoms with E-state index < -0.39 is 31.1 Å². The first-order valence-electron chi connectivity index (χ1n) is 9.48. The van der Waals surface area contributed by atoms with E-state index in [1.54, 1.807) is 24.3 Å². The minimum atomic E-state index is -1.22. The van der Waals surface area contributed by atoms with E-state index in [0.717, 1.165) is 0 Å². The molecule has 1 aromatic carbocycles. The molecule has 0 spiro atoms. The Labute approximate surface area is 180 Å². The molecule has 0 amide bonds. The Morgan fingerprint density at radius 1 is 1.45 bits per heavy atom. The maximum Gasteiger partial charge on any atom is 0.164 e. The molecule has 0 radical (unpaired) electrons. The van der Waals surface area contributed by atoms with E-state index in [9.17, 15) is 14.6 Å². The predicted octanol–water partition coefficient (Wildman–Crippen LogP) is 3.33. The van der Waals surface area contributed by atoms with Crippen molar-refractivity contribution in [2.45, 2.75) is 37.4 Å². The molecule has 0 unspecified atom stereocenters. The van der Waals surface area contributed by atoms with Crippen LogP contribution in [-0.4, -0.2) is 49.8 Å². The summed E-state index contributed by atoms with van der Waals surface area (Å²) in [4.78, 5) is 7.06. The van der Waals surface area contributed by atoms with Gasteiger partial charge in [-0.25, -0.2) is 14.1 Å². The highest BCUT2D eigenvalue weighted by molar-refractivity contribution is 6.30. The Kier molecular flexibility index (Phi) is 5.94. The number of halogens is 2. The smallest absolute Gasteiger partial charge is 0.164 e. The Balaban J connectivity index is 1.73. The van der Waals surface area contributed by atoms with Gasteiger partial charge in [-0.05, 0) is 24.6 Å². The molecule has 5 atom stereocenters. The van der Waals surface area contributed by atoms with Crippen LogP contribution in [0.4, 0.5) is 10.1 Å². The third-order valence-corrected chi connectivity index (χ3v) is 5.42. The molecule has 0 saturated carbocycles. The van der Waals surface area contributed by atoms with E-state index in [4.69, 9.17) is 21.9 Å². The van der Waals surface area contributed by atoms with Crippen molar-refractivity contribution in [3.63, 3.8) is 0 Å². The Morgan fingerprint density at radius 3 is 2.94 bits per heavy atom. The summed E-state index contributed by atoms with van der Waals surface area (Å²) < 4.78 is 21.2. The highest BCUT2D eigenvalue weighted by Crippen LogP contribution is 2.36. The number of azide groups is 1. The topological polar surface area (TPSA) is 141 Å². The van der Waals surface area contributed by atoms with Crippen LogP contribution in [0.1, 0.15) is 24.8 Å². The molecule has 3 aromatic rings. The van der Waals surface area contributed by atoms with Gasteiger partial charge in [0.15, 0.2) is 11.9 Å². The van der Waals surface area contributed by atoms with E-state index in [1.165, 1.54) is 16.9 Å². The number of fused-ring (bicyclic) bond motifs is 1. The van der Waals surface area contributed by atoms with Gasteiger partial charge in [-0.3, -0.25) is 0 Å². The predicted molar refractivity (Wildman–Crippen MR) is 111 cm³/mol. The minimum absolute atomic E-state index is 0.148. The number of pyridine rings is 1. The van der Waals surface area contributed by atoms with Gasteiger partial charge in [-0.2, -0.15) is 5.10 Å². The quantitative estimate of drug-likeness (QED) is 0.229. The molecule has 31 heavy (non-hydrogen) atoms. The molecule has 0 bridgehead atoms. The summed E-state index contributed by atoms with van der Waals surface area (Å²) in [6.45, 7) is 1.35. The largest absolute Gasteiger partial charge is 0.394 e. The summed E-state index contributed by atoms with van der Waals surface area (Å²) in [6, 6.07) is 6.62. The van der Waals surface area contributed by atoms with Gasteiger partial charge in [0.2, 0.25) is 0 Å². The summed E-state index contributed by atoms with van der Waals surface area (Å²) >= 11 is 6.22. The minimum Gasteiger partial charge on any atom is -0.394 e. The maximum atomic E-state index is 14.2. The lowest BCUT2D eigenvalue weighted by atomic mass is 10.1. The molecule has 1 saturated heterocycles. The number of aliphatic hydroxyl groups excluding tert-OH is 2. The third-order valence-electron chi connectivity index (χ3n) is 5.22. The number of anilines is 1. The molecule has 10 nitrogen and oxygen atoms in total. The van der Waals surface area contributed by atoms with Crippen molar-refractivity contribution in [3.8, 4) is 0 Å². The number of rotatable bonds is 6. The van der Waals surface area contributed by atoms with Crippen molar-refractivity contribution in [2.24, 2.45) is 5.11 Å². The molecular formula is C19H19ClFN7O3. The Morgan fingerprint density at radius 2 is 2.23 bits per heavy atom. The number of hydrogen-bond acceptors (Lipinski definition) is 7. The van der Waals surface area contributed by atoms with Gasteiger partial charge in [0, 0.05) is 10.5 Å². The first kappa shape index (κ1) is 21.3. The zero-order valence-corrected chi connectivity index (χ0v) is 17.1. The van der Waals surface area contributed by atoms with E-state index >= 15 is 0 Å². The average Bonchev–Trinajstić information content (AvgIpc) is 3.29. The van der Waals surface area contributed by atoms with Crippen LogP contribution < -0.4 is 5.32 Å². The third kappa shape index (κ3) is 3.89. The van der Waals surface area contributed by atoms with Crippen LogP contribution in [0.2, 0.25) is 5.15 Å². The van der Waals surface area contributed by atoms with E-state index in [2.05, 4.69) is 25.4 Å². The number of ether oxygens (including phenoxy) is 1. The Hall–Kier alpha value is -2.95. The lowest BCUT2D eigenvalue weighted by molar-refractivity contribution is -0.0476. The van der Waals surface area contributed by atoms with Crippen molar-refractivity contribution >= 4 is 28.3 Å². The normalized spacial score (nSPS) is 24.2. The summed E-state index contributed by atoms with van der Waals surface area (Å²) in [5, 5.41) is 31.6. The summed E-state index contributed by atoms with van der Waals surface area (Å²) in [6.07, 6.45) is -1.64. The van der Waals surface area contributed by atoms with Crippen LogP contribution in [0.15, 0.2) is 41.6 Å². The highest BCUT2D eigenvalue weighted by Gasteiger charge is 2.45. The monoisotopic (exact) mass is 447 g/mol. The van der Waals surface area contributed by atoms with Gasteiger partial charge < -0.3 is 20.3 Å². The standard InChI is InChI=1S/C19H19ClFN7O3/c1-9(10-4-2-3-5-12(10)21)24-13-6-15(20)25-18-11(13)7-23-28(18)19-16(26-27-22)17(30)14(8-29)31-19/h2-7,9,14,16-17,19,29-30H,8H2,1H3,(H,24,25)/t9-,14+,16-,17+,19+/m0/s1. The fraction of sp³-hybridized carbons (Fsp3) is 0.368. The van der Waals surface area contributed by atoms with Crippen molar-refractivity contribution in [1.29, 1.82) is 0 Å². The van der Waals surface area contributed by atoms with Gasteiger partial charge in [0.25, 0.3) is 0 Å². The summed E-state index contributed by atoms with van der Waals surface area (Å²) in [5.41, 5.74) is 10.2. The van der Waals surface area contributed by atoms with Crippen molar-refractivity contribution in [1.82, 2.24) is 14.8 Å². The van der Waals surface area contributed by atoms with Crippen LogP contribution in [0, 0.1) is 5.82 Å². The molecule has 0 aliphatic carbocycles. The van der Waals surface area contributed by atoms with Crippen LogP contribution in [0.5, 0.6) is 0 Å². The van der Waals surface area contributed by atoms with Crippen molar-refractivity contribution in [2.75, 3.05) is 11.9 Å². The highest BCUT2D eigenvalue weighted by atomic mass is 35.5. The molecule has 4 rings (SSSR count). The van der Waals surface area contributed by atoms with Crippen LogP contribution >= 0.6 is 11.6 Å². The molecule has 3 heterocycles. The SMILES string of the molecule is C[C@H](Nc1cc(Cl)nc2c1cnn2[C@@H]1O[C@H](CO)[C@@H](O)[C@@H]1N=[N+]=[N-])c1ccccc1F. The number of hydrogen-bond donors (Lipinski definition) is 3. The molecule has 162 valence electrons. The molecule has 1 fully saturated rings. The second-order valence-electron chi connectivity index (χ2n) is 7.14. The summed E-state index contributed by atoms with van der Waals surface area (Å²) in [7, 11) is 0. The molecule has 1 aliphatic rings. The number of nitrogens with one attached hydrogen (secondary N) is 1. The van der Waals surface area contributed by atoms with Crippen molar-refractivity contribution in [3.05, 3.63) is 63.5 Å². The number of aliphatic hydroxyl groups is 2. The second-order valence-corrected chi connectivity index (χ2v) is 7.53. The molecule has 3 N–H and O–H groups in total. The van der Waals surface area contributed by atoms with Gasteiger partial charge in [-0.15, -0.1) is 0 Å². The van der Waals surface area contributed by atoms with Crippen molar-refractivity contribution < 1.29 is 19.3 Å². The van der Waals surface area contributed by atoms with E-state index in [1.807, 2.05) is 6.92 Å². The Bertz CT molecular complexity index is 1150. The first-order valence-corrected chi connectivity index (χ1v) is 9.85. The number of benzene rings is 1. The number of nitrogens with zero attached hydrogens (tertiary/aromatic N) is 6. The zero-order chi connectivity index (χ0) is 22.1. The lowest BCUT2D eigenvalue weighted by Crippen LogP contribution is -2.32. The zero-order valence-electron chi connectivity index (χ0n) is 16.3. The van der Waals surface area contributed by atoms with Gasteiger partial charge in [0.05, 0.1) is 36.0 Å². The molecule has 2 aromatic heterocycles. The van der Waals surface area contributed by atoms with Gasteiger partial charge >= 0.3 is 0 Å². The van der Waals surface area contributed by atoms with E-state index in [0.29, 0.717) is 22.3 Å². The number of aromatic nitrogens is 3. The van der Waals surface area contributed by atoms with Gasteiger partial charge in [-0.1, -0.05) is 34.9 Å². The van der Waals surface area contributed by atoms with Crippen LogP contribution in [0.25, 0.3) is 21.5 Å². The molecule has 1 aliphatic heterocycles. The summed E-state index contributed by atoms with van der Waals surface area (Å²) in [5.74, 6) is -0.338. The molecule has 12 heteroatoms.